The smallest absolute Gasteiger partial charge is 0.224 e. The van der Waals surface area contributed by atoms with E-state index in [0.29, 0.717) is 17.9 Å². The molecule has 0 heterocycles. The normalized spacial score (nSPS) is 10.2. The number of hydrogen-bond acceptors (Lipinski definition) is 3. The van der Waals surface area contributed by atoms with Gasteiger partial charge in [0.15, 0.2) is 0 Å². The van der Waals surface area contributed by atoms with E-state index in [9.17, 15) is 9.59 Å². The summed E-state index contributed by atoms with van der Waals surface area (Å²) in [6, 6.07) is 17.2. The summed E-state index contributed by atoms with van der Waals surface area (Å²) in [5.74, 6) is 0.0597. The van der Waals surface area contributed by atoms with Gasteiger partial charge in [-0.25, -0.2) is 0 Å². The van der Waals surface area contributed by atoms with Crippen molar-refractivity contribution in [3.63, 3.8) is 0 Å². The molecule has 2 rings (SSSR count). The van der Waals surface area contributed by atoms with E-state index in [4.69, 9.17) is 10.5 Å². The van der Waals surface area contributed by atoms with Gasteiger partial charge in [0.1, 0.15) is 5.75 Å². The third-order valence-electron chi connectivity index (χ3n) is 3.48. The molecule has 2 aromatic carbocycles. The second kappa shape index (κ2) is 9.35. The minimum atomic E-state index is -0.419. The van der Waals surface area contributed by atoms with Gasteiger partial charge in [-0.2, -0.15) is 0 Å². The first-order valence-electron chi connectivity index (χ1n) is 7.99. The minimum Gasteiger partial charge on any atom is -0.491 e. The van der Waals surface area contributed by atoms with Crippen LogP contribution in [0.1, 0.15) is 24.8 Å². The number of aryl methyl sites for hydroxylation is 1. The minimum absolute atomic E-state index is 0.0584. The fourth-order valence-corrected chi connectivity index (χ4v) is 2.27. The van der Waals surface area contributed by atoms with Crippen molar-refractivity contribution in [1.82, 2.24) is 0 Å². The molecular formula is C19H22N2O3. The van der Waals surface area contributed by atoms with Crippen molar-refractivity contribution in [3.8, 4) is 5.75 Å². The van der Waals surface area contributed by atoms with E-state index in [-0.39, 0.29) is 18.9 Å². The average Bonchev–Trinajstić information content (AvgIpc) is 2.57. The molecule has 0 aromatic heterocycles. The van der Waals surface area contributed by atoms with Gasteiger partial charge in [-0.3, -0.25) is 9.59 Å². The Labute approximate surface area is 141 Å². The zero-order chi connectivity index (χ0) is 17.2. The highest BCUT2D eigenvalue weighted by molar-refractivity contribution is 5.92. The summed E-state index contributed by atoms with van der Waals surface area (Å²) in [4.78, 5) is 22.9. The van der Waals surface area contributed by atoms with Gasteiger partial charge in [-0.05, 0) is 30.5 Å². The third kappa shape index (κ3) is 6.12. The number of nitrogens with one attached hydrogen (secondary N) is 1. The first-order chi connectivity index (χ1) is 11.6. The summed E-state index contributed by atoms with van der Waals surface area (Å²) < 4.78 is 5.51. The van der Waals surface area contributed by atoms with Crippen LogP contribution >= 0.6 is 0 Å². The number of carbonyl (C=O) groups is 2. The van der Waals surface area contributed by atoms with E-state index in [1.807, 2.05) is 30.3 Å². The summed E-state index contributed by atoms with van der Waals surface area (Å²) in [5, 5.41) is 2.85. The molecule has 0 aliphatic carbocycles. The average molecular weight is 326 g/mol. The quantitative estimate of drug-likeness (QED) is 0.743. The van der Waals surface area contributed by atoms with Crippen LogP contribution in [0.5, 0.6) is 5.75 Å². The SMILES string of the molecule is NC(=O)CCOc1ccccc1NC(=O)CCCc1ccccc1. The predicted octanol–water partition coefficient (Wildman–Crippen LogP) is 2.90. The van der Waals surface area contributed by atoms with Gasteiger partial charge < -0.3 is 15.8 Å². The number of carbonyl (C=O) groups excluding carboxylic acids is 2. The standard InChI is InChI=1S/C19H22N2O3/c20-18(22)13-14-24-17-11-5-4-10-16(17)21-19(23)12-6-9-15-7-2-1-3-8-15/h1-5,7-8,10-11H,6,9,12-14H2,(H2,20,22)(H,21,23). The van der Waals surface area contributed by atoms with Crippen LogP contribution < -0.4 is 15.8 Å². The van der Waals surface area contributed by atoms with Crippen LogP contribution in [-0.4, -0.2) is 18.4 Å². The molecule has 0 fully saturated rings. The van der Waals surface area contributed by atoms with Gasteiger partial charge in [0.25, 0.3) is 0 Å². The van der Waals surface area contributed by atoms with Gasteiger partial charge in [-0.1, -0.05) is 42.5 Å². The number of amides is 2. The van der Waals surface area contributed by atoms with Crippen molar-refractivity contribution < 1.29 is 14.3 Å². The largest absolute Gasteiger partial charge is 0.491 e. The zero-order valence-corrected chi connectivity index (χ0v) is 13.5. The summed E-state index contributed by atoms with van der Waals surface area (Å²) in [5.41, 5.74) is 6.92. The summed E-state index contributed by atoms with van der Waals surface area (Å²) in [6.07, 6.45) is 2.22. The first kappa shape index (κ1) is 17.5. The molecule has 0 saturated heterocycles. The number of nitrogens with two attached hydrogens (primary N) is 1. The third-order valence-corrected chi connectivity index (χ3v) is 3.48. The Balaban J connectivity index is 1.81. The van der Waals surface area contributed by atoms with Gasteiger partial charge in [-0.15, -0.1) is 0 Å². The maximum absolute atomic E-state index is 12.1. The number of para-hydroxylation sites is 2. The van der Waals surface area contributed by atoms with Crippen LogP contribution in [0.4, 0.5) is 5.69 Å². The second-order valence-electron chi connectivity index (χ2n) is 5.45. The van der Waals surface area contributed by atoms with Crippen molar-refractivity contribution >= 4 is 17.5 Å². The van der Waals surface area contributed by atoms with Gasteiger partial charge >= 0.3 is 0 Å². The molecule has 0 aliphatic heterocycles. The highest BCUT2D eigenvalue weighted by Crippen LogP contribution is 2.24. The molecule has 0 saturated carbocycles. The maximum Gasteiger partial charge on any atom is 0.224 e. The monoisotopic (exact) mass is 326 g/mol. The van der Waals surface area contributed by atoms with E-state index in [2.05, 4.69) is 17.4 Å². The van der Waals surface area contributed by atoms with Gasteiger partial charge in [0.2, 0.25) is 11.8 Å². The first-order valence-corrected chi connectivity index (χ1v) is 7.99. The van der Waals surface area contributed by atoms with E-state index >= 15 is 0 Å². The predicted molar refractivity (Wildman–Crippen MR) is 93.8 cm³/mol. The summed E-state index contributed by atoms with van der Waals surface area (Å²) >= 11 is 0. The van der Waals surface area contributed by atoms with Crippen molar-refractivity contribution in [1.29, 1.82) is 0 Å². The highest BCUT2D eigenvalue weighted by atomic mass is 16.5. The number of primary amides is 1. The number of rotatable bonds is 9. The fraction of sp³-hybridized carbons (Fsp3) is 0.263. The topological polar surface area (TPSA) is 81.4 Å². The molecule has 3 N–H and O–H groups in total. The molecular weight excluding hydrogens is 304 g/mol. The lowest BCUT2D eigenvalue weighted by Crippen LogP contribution is -2.16. The lowest BCUT2D eigenvalue weighted by Gasteiger charge is -2.12. The maximum atomic E-state index is 12.1. The van der Waals surface area contributed by atoms with Gasteiger partial charge in [0, 0.05) is 6.42 Å². The van der Waals surface area contributed by atoms with Crippen molar-refractivity contribution in [2.45, 2.75) is 25.7 Å². The lowest BCUT2D eigenvalue weighted by molar-refractivity contribution is -0.118. The molecule has 0 atom stereocenters. The fourth-order valence-electron chi connectivity index (χ4n) is 2.27. The Morgan fingerprint density at radius 3 is 2.42 bits per heavy atom. The molecule has 5 heteroatoms. The molecule has 24 heavy (non-hydrogen) atoms. The van der Waals surface area contributed by atoms with Crippen molar-refractivity contribution in [2.75, 3.05) is 11.9 Å². The van der Waals surface area contributed by atoms with E-state index in [1.165, 1.54) is 5.56 Å². The number of ether oxygens (including phenoxy) is 1. The number of anilines is 1. The molecule has 0 unspecified atom stereocenters. The number of hydrogen-bond donors (Lipinski definition) is 2. The second-order valence-corrected chi connectivity index (χ2v) is 5.45. The van der Waals surface area contributed by atoms with Crippen LogP contribution in [0.25, 0.3) is 0 Å². The van der Waals surface area contributed by atoms with Crippen molar-refractivity contribution in [3.05, 3.63) is 60.2 Å². The lowest BCUT2D eigenvalue weighted by atomic mass is 10.1. The van der Waals surface area contributed by atoms with Crippen LogP contribution in [-0.2, 0) is 16.0 Å². The molecule has 2 aromatic rings. The molecule has 126 valence electrons. The van der Waals surface area contributed by atoms with Crippen LogP contribution in [0.2, 0.25) is 0 Å². The molecule has 0 bridgehead atoms. The Hall–Kier alpha value is -2.82. The zero-order valence-electron chi connectivity index (χ0n) is 13.5. The highest BCUT2D eigenvalue weighted by Gasteiger charge is 2.08. The molecule has 0 aliphatic rings. The van der Waals surface area contributed by atoms with E-state index in [1.54, 1.807) is 12.1 Å². The molecule has 0 radical (unpaired) electrons. The van der Waals surface area contributed by atoms with E-state index in [0.717, 1.165) is 12.8 Å². The van der Waals surface area contributed by atoms with Crippen LogP contribution in [0.3, 0.4) is 0 Å². The molecule has 0 spiro atoms. The van der Waals surface area contributed by atoms with Crippen molar-refractivity contribution in [2.24, 2.45) is 5.73 Å². The molecule has 2 amide bonds. The Morgan fingerprint density at radius 2 is 1.67 bits per heavy atom. The summed E-state index contributed by atoms with van der Waals surface area (Å²) in [7, 11) is 0. The Bertz CT molecular complexity index is 671. The Morgan fingerprint density at radius 1 is 0.958 bits per heavy atom. The van der Waals surface area contributed by atoms with E-state index < -0.39 is 5.91 Å². The Kier molecular flexibility index (Phi) is 6.83. The number of benzene rings is 2. The van der Waals surface area contributed by atoms with Gasteiger partial charge in [0.05, 0.1) is 18.7 Å². The van der Waals surface area contributed by atoms with Crippen LogP contribution in [0.15, 0.2) is 54.6 Å². The summed E-state index contributed by atoms with van der Waals surface area (Å²) in [6.45, 7) is 0.191. The van der Waals surface area contributed by atoms with Crippen LogP contribution in [0, 0.1) is 0 Å². The molecule has 5 nitrogen and oxygen atoms in total.